The second-order valence-corrected chi connectivity index (χ2v) is 8.01. The molecule has 130 valence electrons. The first-order valence-corrected chi connectivity index (χ1v) is 9.03. The molecule has 24 heavy (non-hydrogen) atoms. The first kappa shape index (κ1) is 17.4. The summed E-state index contributed by atoms with van der Waals surface area (Å²) in [5.74, 6) is -0.107. The summed E-state index contributed by atoms with van der Waals surface area (Å²) in [6.45, 7) is 3.32. The predicted octanol–water partition coefficient (Wildman–Crippen LogP) is 2.13. The molecule has 3 heterocycles. The summed E-state index contributed by atoms with van der Waals surface area (Å²) in [7, 11) is 3.36. The summed E-state index contributed by atoms with van der Waals surface area (Å²) >= 11 is 7.59. The lowest BCUT2D eigenvalue weighted by Gasteiger charge is -2.26. The van der Waals surface area contributed by atoms with Gasteiger partial charge in [-0.15, -0.1) is 11.3 Å². The molecule has 0 saturated heterocycles. The molecule has 1 amide bonds. The minimum atomic E-state index is -0.859. The first-order valence-electron chi connectivity index (χ1n) is 7.84. The molecule has 1 N–H and O–H groups in total. The Morgan fingerprint density at radius 3 is 2.92 bits per heavy atom. The van der Waals surface area contributed by atoms with Gasteiger partial charge >= 0.3 is 0 Å². The van der Waals surface area contributed by atoms with Gasteiger partial charge in [0.05, 0.1) is 28.7 Å². The molecule has 0 bridgehead atoms. The van der Waals surface area contributed by atoms with E-state index in [-0.39, 0.29) is 12.3 Å². The van der Waals surface area contributed by atoms with Crippen LogP contribution in [0.4, 0.5) is 0 Å². The highest BCUT2D eigenvalue weighted by molar-refractivity contribution is 7.16. The Hall–Kier alpha value is -1.41. The molecule has 0 aromatic carbocycles. The van der Waals surface area contributed by atoms with Crippen LogP contribution in [-0.2, 0) is 24.4 Å². The maximum Gasteiger partial charge on any atom is 0.225 e. The van der Waals surface area contributed by atoms with E-state index < -0.39 is 6.10 Å². The van der Waals surface area contributed by atoms with Gasteiger partial charge in [-0.3, -0.25) is 14.4 Å². The number of fused-ring (bicyclic) bond motifs is 1. The smallest absolute Gasteiger partial charge is 0.225 e. The van der Waals surface area contributed by atoms with Crippen molar-refractivity contribution in [1.82, 2.24) is 19.6 Å². The standard InChI is InChI=1S/C16H21ClN4O2S/c1-19(2)16(23)8-14(22)13-7-11-9-20(5-6-21(11)18-13)10-12-3-4-15(17)24-12/h3-4,7,14,22H,5-6,8-10H2,1-2H3/t14-/m1/s1. The molecular formula is C16H21ClN4O2S. The highest BCUT2D eigenvalue weighted by Crippen LogP contribution is 2.25. The van der Waals surface area contributed by atoms with Gasteiger partial charge in [-0.25, -0.2) is 0 Å². The molecule has 1 atom stereocenters. The maximum absolute atomic E-state index is 11.7. The molecule has 1 aliphatic heterocycles. The van der Waals surface area contributed by atoms with Gasteiger partial charge in [-0.2, -0.15) is 5.10 Å². The largest absolute Gasteiger partial charge is 0.386 e. The molecule has 0 saturated carbocycles. The SMILES string of the molecule is CN(C)C(=O)C[C@@H](O)c1cc2n(n1)CCN(Cc1ccc(Cl)s1)C2. The maximum atomic E-state index is 11.7. The molecule has 0 fully saturated rings. The molecule has 2 aromatic heterocycles. The Morgan fingerprint density at radius 1 is 1.46 bits per heavy atom. The fraction of sp³-hybridized carbons (Fsp3) is 0.500. The van der Waals surface area contributed by atoms with Crippen LogP contribution in [0.1, 0.15) is 28.8 Å². The zero-order valence-electron chi connectivity index (χ0n) is 13.8. The Bertz CT molecular complexity index is 727. The number of rotatable bonds is 5. The molecule has 0 aliphatic carbocycles. The Kier molecular flexibility index (Phi) is 5.24. The van der Waals surface area contributed by atoms with E-state index in [0.717, 1.165) is 36.2 Å². The molecule has 8 heteroatoms. The van der Waals surface area contributed by atoms with Crippen LogP contribution in [-0.4, -0.2) is 51.2 Å². The van der Waals surface area contributed by atoms with E-state index in [9.17, 15) is 9.90 Å². The molecular weight excluding hydrogens is 348 g/mol. The molecule has 6 nitrogen and oxygen atoms in total. The average Bonchev–Trinajstić information content (AvgIpc) is 3.12. The fourth-order valence-corrected chi connectivity index (χ4v) is 3.88. The highest BCUT2D eigenvalue weighted by atomic mass is 35.5. The number of aliphatic hydroxyl groups excluding tert-OH is 1. The van der Waals surface area contributed by atoms with Crippen molar-refractivity contribution in [2.24, 2.45) is 0 Å². The van der Waals surface area contributed by atoms with E-state index in [4.69, 9.17) is 11.6 Å². The number of aliphatic hydroxyl groups is 1. The van der Waals surface area contributed by atoms with E-state index in [0.29, 0.717) is 5.69 Å². The van der Waals surface area contributed by atoms with Gasteiger partial charge in [0.15, 0.2) is 0 Å². The van der Waals surface area contributed by atoms with E-state index in [1.54, 1.807) is 25.4 Å². The third-order valence-corrected chi connectivity index (χ3v) is 5.33. The highest BCUT2D eigenvalue weighted by Gasteiger charge is 2.23. The lowest BCUT2D eigenvalue weighted by atomic mass is 10.1. The third-order valence-electron chi connectivity index (χ3n) is 4.11. The second kappa shape index (κ2) is 7.23. The molecule has 0 spiro atoms. The lowest BCUT2D eigenvalue weighted by Crippen LogP contribution is -2.33. The Balaban J connectivity index is 1.64. The lowest BCUT2D eigenvalue weighted by molar-refractivity contribution is -0.130. The van der Waals surface area contributed by atoms with Gasteiger partial charge in [0.2, 0.25) is 5.91 Å². The zero-order chi connectivity index (χ0) is 17.3. The monoisotopic (exact) mass is 368 g/mol. The minimum absolute atomic E-state index is 0.0564. The van der Waals surface area contributed by atoms with E-state index >= 15 is 0 Å². The zero-order valence-corrected chi connectivity index (χ0v) is 15.3. The number of hydrogen-bond donors (Lipinski definition) is 1. The minimum Gasteiger partial charge on any atom is -0.386 e. The number of carbonyl (C=O) groups is 1. The van der Waals surface area contributed by atoms with Crippen molar-refractivity contribution in [2.45, 2.75) is 32.2 Å². The van der Waals surface area contributed by atoms with Crippen LogP contribution in [0.15, 0.2) is 18.2 Å². The van der Waals surface area contributed by atoms with Crippen LogP contribution >= 0.6 is 22.9 Å². The van der Waals surface area contributed by atoms with Crippen molar-refractivity contribution in [3.8, 4) is 0 Å². The summed E-state index contributed by atoms with van der Waals surface area (Å²) in [5.41, 5.74) is 1.64. The van der Waals surface area contributed by atoms with Crippen molar-refractivity contribution in [3.63, 3.8) is 0 Å². The van der Waals surface area contributed by atoms with Crippen LogP contribution in [0.2, 0.25) is 4.34 Å². The van der Waals surface area contributed by atoms with Crippen molar-refractivity contribution in [2.75, 3.05) is 20.6 Å². The van der Waals surface area contributed by atoms with Crippen LogP contribution in [0.25, 0.3) is 0 Å². The summed E-state index contributed by atoms with van der Waals surface area (Å²) in [6.07, 6.45) is -0.802. The number of halogens is 1. The number of carbonyl (C=O) groups excluding carboxylic acids is 1. The van der Waals surface area contributed by atoms with Gasteiger partial charge in [-0.05, 0) is 18.2 Å². The van der Waals surface area contributed by atoms with E-state index in [2.05, 4.69) is 16.1 Å². The van der Waals surface area contributed by atoms with Gasteiger partial charge < -0.3 is 10.0 Å². The average molecular weight is 369 g/mol. The Morgan fingerprint density at radius 2 is 2.25 bits per heavy atom. The number of amides is 1. The molecule has 1 aliphatic rings. The van der Waals surface area contributed by atoms with Crippen molar-refractivity contribution in [3.05, 3.63) is 38.8 Å². The van der Waals surface area contributed by atoms with Gasteiger partial charge in [0.1, 0.15) is 6.10 Å². The summed E-state index contributed by atoms with van der Waals surface area (Å²) in [6, 6.07) is 5.88. The topological polar surface area (TPSA) is 61.6 Å². The molecule has 0 unspecified atom stereocenters. The van der Waals surface area contributed by atoms with Gasteiger partial charge in [0.25, 0.3) is 0 Å². The van der Waals surface area contributed by atoms with E-state index in [1.165, 1.54) is 9.78 Å². The second-order valence-electron chi connectivity index (χ2n) is 6.21. The van der Waals surface area contributed by atoms with Crippen LogP contribution in [0.3, 0.4) is 0 Å². The van der Waals surface area contributed by atoms with Crippen LogP contribution in [0.5, 0.6) is 0 Å². The van der Waals surface area contributed by atoms with Crippen LogP contribution in [0, 0.1) is 0 Å². The first-order chi connectivity index (χ1) is 11.4. The van der Waals surface area contributed by atoms with Crippen LogP contribution < -0.4 is 0 Å². The number of nitrogens with zero attached hydrogens (tertiary/aromatic N) is 4. The third kappa shape index (κ3) is 3.97. The fourth-order valence-electron chi connectivity index (χ4n) is 2.75. The van der Waals surface area contributed by atoms with E-state index in [1.807, 2.05) is 16.8 Å². The van der Waals surface area contributed by atoms with Crippen molar-refractivity contribution >= 4 is 28.8 Å². The number of thiophene rings is 1. The molecule has 2 aromatic rings. The predicted molar refractivity (Wildman–Crippen MR) is 93.9 cm³/mol. The summed E-state index contributed by atoms with van der Waals surface area (Å²) < 4.78 is 2.74. The Labute approximate surface area is 150 Å². The van der Waals surface area contributed by atoms with Gasteiger partial charge in [0, 0.05) is 38.6 Å². The van der Waals surface area contributed by atoms with Crippen molar-refractivity contribution in [1.29, 1.82) is 0 Å². The summed E-state index contributed by atoms with van der Waals surface area (Å²) in [4.78, 5) is 16.8. The quantitative estimate of drug-likeness (QED) is 0.878. The van der Waals surface area contributed by atoms with Gasteiger partial charge in [-0.1, -0.05) is 11.6 Å². The molecule has 0 radical (unpaired) electrons. The van der Waals surface area contributed by atoms with Crippen molar-refractivity contribution < 1.29 is 9.90 Å². The summed E-state index contributed by atoms with van der Waals surface area (Å²) in [5, 5.41) is 14.7. The normalized spacial score (nSPS) is 16.0. The number of aromatic nitrogens is 2. The number of hydrogen-bond acceptors (Lipinski definition) is 5. The molecule has 3 rings (SSSR count).